The normalized spacial score (nSPS) is 12.1. The van der Waals surface area contributed by atoms with Crippen molar-refractivity contribution in [1.82, 2.24) is 4.72 Å². The Hall–Kier alpha value is -4.82. The second-order valence-electron chi connectivity index (χ2n) is 10.8. The zero-order valence-electron chi connectivity index (χ0n) is 24.4. The van der Waals surface area contributed by atoms with Crippen LogP contribution in [-0.4, -0.2) is 32.9 Å². The first-order valence-electron chi connectivity index (χ1n) is 13.8. The van der Waals surface area contributed by atoms with Crippen LogP contribution < -0.4 is 10.0 Å². The molecule has 0 aliphatic heterocycles. The van der Waals surface area contributed by atoms with E-state index in [1.165, 1.54) is 42.5 Å². The molecule has 0 aromatic heterocycles. The van der Waals surface area contributed by atoms with Gasteiger partial charge in [0.25, 0.3) is 21.8 Å². The Morgan fingerprint density at radius 1 is 0.818 bits per heavy atom. The van der Waals surface area contributed by atoms with Crippen LogP contribution in [0.5, 0.6) is 0 Å². The Labute approximate surface area is 257 Å². The summed E-state index contributed by atoms with van der Waals surface area (Å²) in [7, 11) is -4.41. The molecule has 0 saturated heterocycles. The second-order valence-corrected chi connectivity index (χ2v) is 12.4. The van der Waals surface area contributed by atoms with Gasteiger partial charge in [0.15, 0.2) is 0 Å². The zero-order chi connectivity index (χ0) is 31.6. The van der Waals surface area contributed by atoms with Gasteiger partial charge < -0.3 is 14.8 Å². The smallest absolute Gasteiger partial charge is 0.266 e. The van der Waals surface area contributed by atoms with Crippen LogP contribution in [0.15, 0.2) is 114 Å². The summed E-state index contributed by atoms with van der Waals surface area (Å²) in [6.07, 6.45) is -1.04. The van der Waals surface area contributed by atoms with Gasteiger partial charge in [0.2, 0.25) is 0 Å². The summed E-state index contributed by atoms with van der Waals surface area (Å²) in [5.41, 5.74) is 1.38. The van der Waals surface area contributed by atoms with Crippen molar-refractivity contribution in [2.24, 2.45) is 5.41 Å². The van der Waals surface area contributed by atoms with Crippen LogP contribution in [0.25, 0.3) is 0 Å². The zero-order valence-corrected chi connectivity index (χ0v) is 25.2. The molecule has 0 saturated carbocycles. The molecule has 2 amide bonds. The molecule has 0 aliphatic rings. The minimum Gasteiger partial charge on any atom is -0.376 e. The molecule has 4 aromatic rings. The fraction of sp³-hybridized carbons (Fsp3) is 0.206. The van der Waals surface area contributed by atoms with Crippen LogP contribution >= 0.6 is 0 Å². The largest absolute Gasteiger partial charge is 0.376 e. The number of nitrogens with zero attached hydrogens (tertiary/aromatic N) is 1. The average Bonchev–Trinajstić information content (AvgIpc) is 3.02. The fourth-order valence-corrected chi connectivity index (χ4v) is 5.56. The summed E-state index contributed by atoms with van der Waals surface area (Å²) in [5.74, 6) is -1.45. The van der Waals surface area contributed by atoms with Crippen molar-refractivity contribution in [3.8, 4) is 6.07 Å². The van der Waals surface area contributed by atoms with E-state index < -0.39 is 33.4 Å². The van der Waals surface area contributed by atoms with E-state index in [0.29, 0.717) is 12.2 Å². The Bertz CT molecular complexity index is 1720. The first kappa shape index (κ1) is 32.1. The van der Waals surface area contributed by atoms with Crippen LogP contribution in [0, 0.1) is 16.7 Å². The van der Waals surface area contributed by atoms with Crippen molar-refractivity contribution in [2.45, 2.75) is 38.1 Å². The summed E-state index contributed by atoms with van der Waals surface area (Å²) in [6.45, 7) is 4.34. The number of hydrogen-bond donors (Lipinski definition) is 2. The van der Waals surface area contributed by atoms with Crippen molar-refractivity contribution in [3.63, 3.8) is 0 Å². The average molecular weight is 612 g/mol. The van der Waals surface area contributed by atoms with Crippen LogP contribution in [0.3, 0.4) is 0 Å². The Kier molecular flexibility index (Phi) is 10.6. The molecule has 4 rings (SSSR count). The number of nitriles is 1. The number of carbonyl (C=O) groups excluding carboxylic acids is 2. The summed E-state index contributed by atoms with van der Waals surface area (Å²) in [4.78, 5) is 26.2. The third-order valence-corrected chi connectivity index (χ3v) is 8.12. The molecular formula is C34H33N3O6S. The standard InChI is InChI=1S/C34H33N3O6S/c1-34(2,24-42-22-26-11-5-3-6-12-26)31(43-23-27-13-7-4-8-14-27)33(39)36-29-15-9-10-16-30(29)44(40,41)37-32(38)28-19-17-25(21-35)18-20-28/h3-20,31H,22-24H2,1-2H3,(H,36,39)(H,37,38). The van der Waals surface area contributed by atoms with Crippen molar-refractivity contribution < 1.29 is 27.5 Å². The molecule has 2 N–H and O–H groups in total. The number of anilines is 1. The van der Waals surface area contributed by atoms with Crippen molar-refractivity contribution in [1.29, 1.82) is 5.26 Å². The van der Waals surface area contributed by atoms with Gasteiger partial charge in [-0.25, -0.2) is 13.1 Å². The Morgan fingerprint density at radius 3 is 2.00 bits per heavy atom. The first-order valence-corrected chi connectivity index (χ1v) is 15.3. The SMILES string of the molecule is CC(C)(COCc1ccccc1)C(OCc1ccccc1)C(=O)Nc1ccccc1S(=O)(=O)NC(=O)c1ccc(C#N)cc1. The van der Waals surface area contributed by atoms with Crippen LogP contribution in [0.4, 0.5) is 5.69 Å². The molecule has 0 fully saturated rings. The molecule has 10 heteroatoms. The molecule has 44 heavy (non-hydrogen) atoms. The van der Waals surface area contributed by atoms with Gasteiger partial charge in [-0.2, -0.15) is 5.26 Å². The maximum absolute atomic E-state index is 13.8. The lowest BCUT2D eigenvalue weighted by molar-refractivity contribution is -0.141. The maximum Gasteiger partial charge on any atom is 0.266 e. The van der Waals surface area contributed by atoms with E-state index in [1.54, 1.807) is 6.07 Å². The third-order valence-electron chi connectivity index (χ3n) is 6.73. The molecule has 226 valence electrons. The molecular weight excluding hydrogens is 578 g/mol. The number of carbonyl (C=O) groups is 2. The van der Waals surface area contributed by atoms with Gasteiger partial charge in [0.1, 0.15) is 11.0 Å². The van der Waals surface area contributed by atoms with Gasteiger partial charge in [0, 0.05) is 11.0 Å². The lowest BCUT2D eigenvalue weighted by Crippen LogP contribution is -2.45. The molecule has 1 unspecified atom stereocenters. The second kappa shape index (κ2) is 14.6. The van der Waals surface area contributed by atoms with Gasteiger partial charge in [-0.05, 0) is 47.5 Å². The number of ether oxygens (including phenoxy) is 2. The van der Waals surface area contributed by atoms with E-state index in [9.17, 15) is 18.0 Å². The van der Waals surface area contributed by atoms with Crippen molar-refractivity contribution in [2.75, 3.05) is 11.9 Å². The summed E-state index contributed by atoms with van der Waals surface area (Å²) in [6, 6.07) is 32.3. The minimum atomic E-state index is -4.41. The summed E-state index contributed by atoms with van der Waals surface area (Å²) in [5, 5.41) is 11.7. The number of nitrogens with one attached hydrogen (secondary N) is 2. The lowest BCUT2D eigenvalue weighted by atomic mass is 9.86. The van der Waals surface area contributed by atoms with Gasteiger partial charge in [-0.3, -0.25) is 9.59 Å². The highest BCUT2D eigenvalue weighted by Crippen LogP contribution is 2.29. The number of rotatable bonds is 13. The third kappa shape index (κ3) is 8.61. The molecule has 9 nitrogen and oxygen atoms in total. The van der Waals surface area contributed by atoms with Crippen molar-refractivity contribution in [3.05, 3.63) is 131 Å². The van der Waals surface area contributed by atoms with Gasteiger partial charge in [-0.1, -0.05) is 86.6 Å². The first-order chi connectivity index (χ1) is 21.1. The molecule has 4 aromatic carbocycles. The quantitative estimate of drug-likeness (QED) is 0.205. The van der Waals surface area contributed by atoms with E-state index in [-0.39, 0.29) is 29.4 Å². The van der Waals surface area contributed by atoms with Crippen LogP contribution in [0.2, 0.25) is 0 Å². The van der Waals surface area contributed by atoms with Gasteiger partial charge in [0.05, 0.1) is 37.1 Å². The predicted octanol–water partition coefficient (Wildman–Crippen LogP) is 5.44. The number of sulfonamides is 1. The Morgan fingerprint density at radius 2 is 1.39 bits per heavy atom. The Balaban J connectivity index is 1.53. The van der Waals surface area contributed by atoms with Gasteiger partial charge in [-0.15, -0.1) is 0 Å². The molecule has 0 heterocycles. The fourth-order valence-electron chi connectivity index (χ4n) is 4.43. The van der Waals surface area contributed by atoms with Crippen LogP contribution in [-0.2, 0) is 37.5 Å². The molecule has 1 atom stereocenters. The van der Waals surface area contributed by atoms with E-state index >= 15 is 0 Å². The topological polar surface area (TPSA) is 135 Å². The predicted molar refractivity (Wildman–Crippen MR) is 166 cm³/mol. The number of benzene rings is 4. The highest BCUT2D eigenvalue weighted by atomic mass is 32.2. The van der Waals surface area contributed by atoms with E-state index in [2.05, 4.69) is 5.32 Å². The lowest BCUT2D eigenvalue weighted by Gasteiger charge is -2.33. The van der Waals surface area contributed by atoms with E-state index in [1.807, 2.05) is 85.3 Å². The molecule has 0 bridgehead atoms. The van der Waals surface area contributed by atoms with Gasteiger partial charge >= 0.3 is 0 Å². The monoisotopic (exact) mass is 611 g/mol. The molecule has 0 spiro atoms. The van der Waals surface area contributed by atoms with Crippen molar-refractivity contribution >= 4 is 27.5 Å². The summed E-state index contributed by atoms with van der Waals surface area (Å²) >= 11 is 0. The highest BCUT2D eigenvalue weighted by molar-refractivity contribution is 7.90. The van der Waals surface area contributed by atoms with E-state index in [0.717, 1.165) is 11.1 Å². The number of hydrogen-bond acceptors (Lipinski definition) is 7. The summed E-state index contributed by atoms with van der Waals surface area (Å²) < 4.78 is 40.8. The minimum absolute atomic E-state index is 0.0213. The molecule has 0 aliphatic carbocycles. The number of amides is 2. The highest BCUT2D eigenvalue weighted by Gasteiger charge is 2.37. The molecule has 0 radical (unpaired) electrons. The maximum atomic E-state index is 13.8. The van der Waals surface area contributed by atoms with E-state index in [4.69, 9.17) is 14.7 Å². The number of para-hydroxylation sites is 1. The van der Waals surface area contributed by atoms with Crippen LogP contribution in [0.1, 0.15) is 40.9 Å².